The van der Waals surface area contributed by atoms with Crippen LogP contribution in [0.5, 0.6) is 0 Å². The standard InChI is InChI=1S/C13H19BrN2O/c1-3-11(4-2)16-13(17)15-9-10-7-5-6-8-12(10)14/h5-8,11H,3-4,9H2,1-2H3,(H2,15,16,17). The Balaban J connectivity index is 2.41. The van der Waals surface area contributed by atoms with E-state index in [0.29, 0.717) is 6.54 Å². The van der Waals surface area contributed by atoms with Gasteiger partial charge in [0.2, 0.25) is 0 Å². The molecule has 0 aromatic heterocycles. The number of hydrogen-bond donors (Lipinski definition) is 2. The molecule has 94 valence electrons. The fraction of sp³-hybridized carbons (Fsp3) is 0.462. The lowest BCUT2D eigenvalue weighted by molar-refractivity contribution is 0.235. The van der Waals surface area contributed by atoms with E-state index in [-0.39, 0.29) is 12.1 Å². The van der Waals surface area contributed by atoms with E-state index in [0.717, 1.165) is 22.9 Å². The van der Waals surface area contributed by atoms with E-state index in [2.05, 4.69) is 40.4 Å². The van der Waals surface area contributed by atoms with Crippen LogP contribution in [0.15, 0.2) is 28.7 Å². The van der Waals surface area contributed by atoms with Crippen molar-refractivity contribution in [2.24, 2.45) is 0 Å². The number of benzene rings is 1. The van der Waals surface area contributed by atoms with E-state index in [1.54, 1.807) is 0 Å². The summed E-state index contributed by atoms with van der Waals surface area (Å²) in [5, 5.41) is 5.80. The summed E-state index contributed by atoms with van der Waals surface area (Å²) in [5.41, 5.74) is 1.08. The van der Waals surface area contributed by atoms with Crippen LogP contribution in [0.2, 0.25) is 0 Å². The SMILES string of the molecule is CCC(CC)NC(=O)NCc1ccccc1Br. The molecule has 0 spiro atoms. The molecule has 0 aliphatic heterocycles. The molecule has 17 heavy (non-hydrogen) atoms. The molecule has 4 heteroatoms. The highest BCUT2D eigenvalue weighted by molar-refractivity contribution is 9.10. The third kappa shape index (κ3) is 4.77. The number of nitrogens with one attached hydrogen (secondary N) is 2. The maximum atomic E-state index is 11.6. The average molecular weight is 299 g/mol. The molecule has 0 bridgehead atoms. The third-order valence-electron chi connectivity index (χ3n) is 2.72. The summed E-state index contributed by atoms with van der Waals surface area (Å²) in [6.45, 7) is 4.68. The molecule has 2 amide bonds. The first-order chi connectivity index (χ1) is 8.17. The maximum absolute atomic E-state index is 11.6. The van der Waals surface area contributed by atoms with Gasteiger partial charge < -0.3 is 10.6 Å². The smallest absolute Gasteiger partial charge is 0.315 e. The zero-order chi connectivity index (χ0) is 12.7. The molecule has 0 unspecified atom stereocenters. The highest BCUT2D eigenvalue weighted by Gasteiger charge is 2.07. The first-order valence-electron chi connectivity index (χ1n) is 5.95. The Kier molecular flexibility index (Phi) is 6.05. The summed E-state index contributed by atoms with van der Waals surface area (Å²) in [4.78, 5) is 11.6. The number of amides is 2. The Hall–Kier alpha value is -1.03. The van der Waals surface area contributed by atoms with Crippen molar-refractivity contribution < 1.29 is 4.79 Å². The largest absolute Gasteiger partial charge is 0.335 e. The summed E-state index contributed by atoms with van der Waals surface area (Å²) in [6.07, 6.45) is 1.91. The van der Waals surface area contributed by atoms with E-state index >= 15 is 0 Å². The Morgan fingerprint density at radius 2 is 1.94 bits per heavy atom. The molecule has 1 aromatic carbocycles. The number of halogens is 1. The van der Waals surface area contributed by atoms with Crippen LogP contribution in [0.25, 0.3) is 0 Å². The van der Waals surface area contributed by atoms with E-state index in [4.69, 9.17) is 0 Å². The van der Waals surface area contributed by atoms with Gasteiger partial charge in [-0.1, -0.05) is 48.0 Å². The van der Waals surface area contributed by atoms with Gasteiger partial charge in [0.1, 0.15) is 0 Å². The van der Waals surface area contributed by atoms with Crippen molar-refractivity contribution in [3.63, 3.8) is 0 Å². The van der Waals surface area contributed by atoms with E-state index in [9.17, 15) is 4.79 Å². The van der Waals surface area contributed by atoms with Crippen LogP contribution in [-0.2, 0) is 6.54 Å². The van der Waals surface area contributed by atoms with Crippen molar-refractivity contribution in [2.45, 2.75) is 39.3 Å². The van der Waals surface area contributed by atoms with Crippen molar-refractivity contribution in [2.75, 3.05) is 0 Å². The number of rotatable bonds is 5. The molecule has 0 fully saturated rings. The first-order valence-corrected chi connectivity index (χ1v) is 6.74. The van der Waals surface area contributed by atoms with Gasteiger partial charge in [0.15, 0.2) is 0 Å². The average Bonchev–Trinajstić information content (AvgIpc) is 2.35. The third-order valence-corrected chi connectivity index (χ3v) is 3.49. The molecular formula is C13H19BrN2O. The summed E-state index contributed by atoms with van der Waals surface area (Å²) < 4.78 is 1.02. The molecule has 0 radical (unpaired) electrons. The quantitative estimate of drug-likeness (QED) is 0.859. The van der Waals surface area contributed by atoms with E-state index in [1.807, 2.05) is 24.3 Å². The van der Waals surface area contributed by atoms with Crippen LogP contribution in [0.1, 0.15) is 32.3 Å². The fourth-order valence-electron chi connectivity index (χ4n) is 1.55. The second-order valence-electron chi connectivity index (χ2n) is 3.93. The van der Waals surface area contributed by atoms with Gasteiger partial charge in [0.05, 0.1) is 0 Å². The van der Waals surface area contributed by atoms with Gasteiger partial charge in [-0.3, -0.25) is 0 Å². The van der Waals surface area contributed by atoms with Gasteiger partial charge in [0.25, 0.3) is 0 Å². The van der Waals surface area contributed by atoms with Gasteiger partial charge >= 0.3 is 6.03 Å². The molecule has 0 aliphatic carbocycles. The minimum Gasteiger partial charge on any atom is -0.335 e. The second kappa shape index (κ2) is 7.33. The van der Waals surface area contributed by atoms with Gasteiger partial charge in [-0.05, 0) is 24.5 Å². The van der Waals surface area contributed by atoms with E-state index in [1.165, 1.54) is 0 Å². The zero-order valence-electron chi connectivity index (χ0n) is 10.3. The van der Waals surface area contributed by atoms with Crippen LogP contribution in [-0.4, -0.2) is 12.1 Å². The molecule has 3 nitrogen and oxygen atoms in total. The minimum absolute atomic E-state index is 0.102. The number of hydrogen-bond acceptors (Lipinski definition) is 1. The molecule has 0 saturated carbocycles. The van der Waals surface area contributed by atoms with Crippen molar-refractivity contribution in [1.29, 1.82) is 0 Å². The predicted molar refractivity (Wildman–Crippen MR) is 73.9 cm³/mol. The molecule has 0 aliphatic rings. The van der Waals surface area contributed by atoms with Crippen LogP contribution in [0.3, 0.4) is 0 Å². The van der Waals surface area contributed by atoms with Crippen molar-refractivity contribution in [1.82, 2.24) is 10.6 Å². The minimum atomic E-state index is -0.102. The molecular weight excluding hydrogens is 280 g/mol. The molecule has 0 atom stereocenters. The van der Waals surface area contributed by atoms with E-state index < -0.39 is 0 Å². The molecule has 0 heterocycles. The lowest BCUT2D eigenvalue weighted by Gasteiger charge is -2.15. The highest BCUT2D eigenvalue weighted by Crippen LogP contribution is 2.15. The van der Waals surface area contributed by atoms with Gasteiger partial charge in [-0.25, -0.2) is 4.79 Å². The summed E-state index contributed by atoms with van der Waals surface area (Å²) in [5.74, 6) is 0. The van der Waals surface area contributed by atoms with Crippen LogP contribution >= 0.6 is 15.9 Å². The van der Waals surface area contributed by atoms with Crippen molar-refractivity contribution in [3.8, 4) is 0 Å². The van der Waals surface area contributed by atoms with Crippen LogP contribution < -0.4 is 10.6 Å². The number of carbonyl (C=O) groups excluding carboxylic acids is 1. The van der Waals surface area contributed by atoms with Gasteiger partial charge in [-0.2, -0.15) is 0 Å². The monoisotopic (exact) mass is 298 g/mol. The summed E-state index contributed by atoms with van der Waals surface area (Å²) >= 11 is 3.45. The first kappa shape index (κ1) is 14.0. The molecule has 1 rings (SSSR count). The molecule has 0 saturated heterocycles. The summed E-state index contributed by atoms with van der Waals surface area (Å²) in [7, 11) is 0. The van der Waals surface area contributed by atoms with Crippen molar-refractivity contribution >= 4 is 22.0 Å². The summed E-state index contributed by atoms with van der Waals surface area (Å²) in [6, 6.07) is 8.03. The number of carbonyl (C=O) groups is 1. The van der Waals surface area contributed by atoms with Crippen LogP contribution in [0, 0.1) is 0 Å². The lowest BCUT2D eigenvalue weighted by atomic mass is 10.2. The zero-order valence-corrected chi connectivity index (χ0v) is 11.9. The maximum Gasteiger partial charge on any atom is 0.315 e. The predicted octanol–water partition coefficient (Wildman–Crippen LogP) is 3.44. The highest BCUT2D eigenvalue weighted by atomic mass is 79.9. The lowest BCUT2D eigenvalue weighted by Crippen LogP contribution is -2.41. The van der Waals surface area contributed by atoms with Gasteiger partial charge in [0, 0.05) is 17.1 Å². The normalized spacial score (nSPS) is 10.4. The number of urea groups is 1. The Labute approximate surface area is 111 Å². The Morgan fingerprint density at radius 1 is 1.29 bits per heavy atom. The fourth-order valence-corrected chi connectivity index (χ4v) is 1.97. The van der Waals surface area contributed by atoms with Gasteiger partial charge in [-0.15, -0.1) is 0 Å². The molecule has 2 N–H and O–H groups in total. The Bertz CT molecular complexity index is 364. The second-order valence-corrected chi connectivity index (χ2v) is 4.79. The molecule has 1 aromatic rings. The Morgan fingerprint density at radius 3 is 2.53 bits per heavy atom. The van der Waals surface area contributed by atoms with Crippen molar-refractivity contribution in [3.05, 3.63) is 34.3 Å². The topological polar surface area (TPSA) is 41.1 Å². The van der Waals surface area contributed by atoms with Crippen LogP contribution in [0.4, 0.5) is 4.79 Å².